The second-order valence-electron chi connectivity index (χ2n) is 5.42. The van der Waals surface area contributed by atoms with Crippen molar-refractivity contribution in [2.75, 3.05) is 5.32 Å². The molecule has 7 heteroatoms. The highest BCUT2D eigenvalue weighted by molar-refractivity contribution is 7.10. The van der Waals surface area contributed by atoms with Crippen LogP contribution in [0, 0.1) is 13.8 Å². The van der Waals surface area contributed by atoms with Crippen molar-refractivity contribution in [2.24, 2.45) is 0 Å². The van der Waals surface area contributed by atoms with E-state index < -0.39 is 5.97 Å². The van der Waals surface area contributed by atoms with Crippen molar-refractivity contribution in [3.8, 4) is 0 Å². The van der Waals surface area contributed by atoms with Gasteiger partial charge >= 0.3 is 5.97 Å². The lowest BCUT2D eigenvalue weighted by Crippen LogP contribution is -2.18. The number of nitrogens with zero attached hydrogens (tertiary/aromatic N) is 2. The average molecular weight is 335 g/mol. The van der Waals surface area contributed by atoms with Crippen molar-refractivity contribution in [3.63, 3.8) is 0 Å². The van der Waals surface area contributed by atoms with Crippen LogP contribution in [-0.4, -0.2) is 26.8 Å². The Hall–Kier alpha value is -2.15. The first-order valence-corrected chi connectivity index (χ1v) is 8.39. The van der Waals surface area contributed by atoms with Gasteiger partial charge in [-0.15, -0.1) is 11.3 Å². The number of hydrogen-bond donors (Lipinski definition) is 2. The molecule has 0 aliphatic rings. The SMILES string of the molecule is CCn1nc(C)c(NC(=O)C[C@H](CC(=O)O)c2cccs2)c1C. The van der Waals surface area contributed by atoms with Gasteiger partial charge in [-0.1, -0.05) is 6.07 Å². The Balaban J connectivity index is 2.11. The van der Waals surface area contributed by atoms with Gasteiger partial charge in [0.25, 0.3) is 0 Å². The van der Waals surface area contributed by atoms with E-state index in [9.17, 15) is 9.59 Å². The quantitative estimate of drug-likeness (QED) is 0.814. The van der Waals surface area contributed by atoms with Crippen LogP contribution in [-0.2, 0) is 16.1 Å². The molecule has 0 saturated heterocycles. The molecule has 0 fully saturated rings. The largest absolute Gasteiger partial charge is 0.481 e. The lowest BCUT2D eigenvalue weighted by Gasteiger charge is -2.13. The van der Waals surface area contributed by atoms with Crippen LogP contribution in [0.25, 0.3) is 0 Å². The molecule has 2 aromatic rings. The molecule has 0 spiro atoms. The summed E-state index contributed by atoms with van der Waals surface area (Å²) in [7, 11) is 0. The molecule has 23 heavy (non-hydrogen) atoms. The summed E-state index contributed by atoms with van der Waals surface area (Å²) in [6.45, 7) is 6.49. The van der Waals surface area contributed by atoms with Gasteiger partial charge in [-0.25, -0.2) is 0 Å². The molecule has 2 N–H and O–H groups in total. The first-order valence-electron chi connectivity index (χ1n) is 7.51. The average Bonchev–Trinajstić information content (AvgIpc) is 3.10. The number of hydrogen-bond acceptors (Lipinski definition) is 4. The molecule has 0 aliphatic heterocycles. The maximum atomic E-state index is 12.4. The monoisotopic (exact) mass is 335 g/mol. The molecule has 0 aliphatic carbocycles. The summed E-state index contributed by atoms with van der Waals surface area (Å²) in [6, 6.07) is 3.74. The molecule has 0 aromatic carbocycles. The molecule has 0 saturated carbocycles. The molecule has 124 valence electrons. The van der Waals surface area contributed by atoms with Crippen LogP contribution < -0.4 is 5.32 Å². The van der Waals surface area contributed by atoms with Crippen LogP contribution in [0.4, 0.5) is 5.69 Å². The molecular formula is C16H21N3O3S. The lowest BCUT2D eigenvalue weighted by molar-refractivity contribution is -0.137. The number of nitrogens with one attached hydrogen (secondary N) is 1. The summed E-state index contributed by atoms with van der Waals surface area (Å²) < 4.78 is 1.83. The Labute approximate surface area is 139 Å². The van der Waals surface area contributed by atoms with E-state index in [0.29, 0.717) is 0 Å². The number of carbonyl (C=O) groups excluding carboxylic acids is 1. The number of rotatable bonds is 7. The van der Waals surface area contributed by atoms with Crippen LogP contribution in [0.3, 0.4) is 0 Å². The highest BCUT2D eigenvalue weighted by atomic mass is 32.1. The topological polar surface area (TPSA) is 84.2 Å². The van der Waals surface area contributed by atoms with Gasteiger partial charge in [-0.2, -0.15) is 5.10 Å². The number of thiophene rings is 1. The van der Waals surface area contributed by atoms with Gasteiger partial charge in [-0.3, -0.25) is 14.3 Å². The number of amides is 1. The highest BCUT2D eigenvalue weighted by Crippen LogP contribution is 2.28. The molecule has 0 unspecified atom stereocenters. The summed E-state index contributed by atoms with van der Waals surface area (Å²) >= 11 is 1.48. The van der Waals surface area contributed by atoms with Gasteiger partial charge in [0.1, 0.15) is 0 Å². The normalized spacial score (nSPS) is 12.1. The predicted octanol–water partition coefficient (Wildman–Crippen LogP) is 3.17. The third kappa shape index (κ3) is 4.19. The zero-order chi connectivity index (χ0) is 17.0. The van der Waals surface area contributed by atoms with Crippen molar-refractivity contribution in [3.05, 3.63) is 33.8 Å². The maximum absolute atomic E-state index is 12.4. The number of anilines is 1. The van der Waals surface area contributed by atoms with Gasteiger partial charge < -0.3 is 10.4 Å². The number of aryl methyl sites for hydroxylation is 2. The number of carboxylic acid groups (broad SMARTS) is 1. The second-order valence-corrected chi connectivity index (χ2v) is 6.40. The van der Waals surface area contributed by atoms with Crippen LogP contribution in [0.15, 0.2) is 17.5 Å². The zero-order valence-electron chi connectivity index (χ0n) is 13.5. The standard InChI is InChI=1S/C16H21N3O3S/c1-4-19-11(3)16(10(2)18-19)17-14(20)8-12(9-15(21)22)13-6-5-7-23-13/h5-7,12H,4,8-9H2,1-3H3,(H,17,20)(H,21,22)/t12-/m1/s1. The van der Waals surface area contributed by atoms with Crippen molar-refractivity contribution >= 4 is 28.9 Å². The molecule has 0 bridgehead atoms. The molecule has 1 amide bonds. The van der Waals surface area contributed by atoms with Crippen LogP contribution >= 0.6 is 11.3 Å². The Morgan fingerprint density at radius 1 is 1.39 bits per heavy atom. The molecule has 0 radical (unpaired) electrons. The Morgan fingerprint density at radius 3 is 2.65 bits per heavy atom. The number of carbonyl (C=O) groups is 2. The number of carboxylic acids is 1. The molecule has 1 atom stereocenters. The molecule has 2 heterocycles. The van der Waals surface area contributed by atoms with Crippen LogP contribution in [0.5, 0.6) is 0 Å². The molecule has 2 aromatic heterocycles. The van der Waals surface area contributed by atoms with Gasteiger partial charge in [0.05, 0.1) is 23.5 Å². The van der Waals surface area contributed by atoms with Crippen molar-refractivity contribution in [1.82, 2.24) is 9.78 Å². The fraction of sp³-hybridized carbons (Fsp3) is 0.438. The summed E-state index contributed by atoms with van der Waals surface area (Å²) in [4.78, 5) is 24.3. The fourth-order valence-electron chi connectivity index (χ4n) is 2.61. The smallest absolute Gasteiger partial charge is 0.304 e. The van der Waals surface area contributed by atoms with Crippen LogP contribution in [0.1, 0.15) is 41.9 Å². The van der Waals surface area contributed by atoms with Crippen molar-refractivity contribution in [1.29, 1.82) is 0 Å². The van der Waals surface area contributed by atoms with E-state index in [2.05, 4.69) is 10.4 Å². The number of aliphatic carboxylic acids is 1. The Morgan fingerprint density at radius 2 is 2.13 bits per heavy atom. The van der Waals surface area contributed by atoms with Crippen molar-refractivity contribution in [2.45, 2.75) is 46.1 Å². The summed E-state index contributed by atoms with van der Waals surface area (Å²) in [6.07, 6.45) is 0.0864. The molecule has 6 nitrogen and oxygen atoms in total. The van der Waals surface area contributed by atoms with E-state index in [1.165, 1.54) is 11.3 Å². The van der Waals surface area contributed by atoms with E-state index in [1.807, 2.05) is 43.0 Å². The maximum Gasteiger partial charge on any atom is 0.304 e. The van der Waals surface area contributed by atoms with Gasteiger partial charge in [0, 0.05) is 23.8 Å². The van der Waals surface area contributed by atoms with Gasteiger partial charge in [0.15, 0.2) is 0 Å². The minimum atomic E-state index is -0.901. The third-order valence-electron chi connectivity index (χ3n) is 3.74. The summed E-state index contributed by atoms with van der Waals surface area (Å²) in [5.41, 5.74) is 2.39. The van der Waals surface area contributed by atoms with E-state index in [1.54, 1.807) is 0 Å². The molecule has 2 rings (SSSR count). The van der Waals surface area contributed by atoms with Gasteiger partial charge in [-0.05, 0) is 32.2 Å². The molecular weight excluding hydrogens is 314 g/mol. The van der Waals surface area contributed by atoms with Crippen molar-refractivity contribution < 1.29 is 14.7 Å². The zero-order valence-corrected chi connectivity index (χ0v) is 14.3. The number of aromatic nitrogens is 2. The van der Waals surface area contributed by atoms with E-state index in [-0.39, 0.29) is 24.7 Å². The third-order valence-corrected chi connectivity index (χ3v) is 4.78. The van der Waals surface area contributed by atoms with Crippen LogP contribution in [0.2, 0.25) is 0 Å². The Bertz CT molecular complexity index is 692. The predicted molar refractivity (Wildman–Crippen MR) is 89.9 cm³/mol. The first-order chi connectivity index (χ1) is 10.9. The van der Waals surface area contributed by atoms with E-state index in [0.717, 1.165) is 28.5 Å². The minimum Gasteiger partial charge on any atom is -0.481 e. The lowest BCUT2D eigenvalue weighted by atomic mass is 9.99. The Kier molecular flexibility index (Phi) is 5.54. The fourth-order valence-corrected chi connectivity index (χ4v) is 3.44. The van der Waals surface area contributed by atoms with E-state index >= 15 is 0 Å². The van der Waals surface area contributed by atoms with E-state index in [4.69, 9.17) is 5.11 Å². The minimum absolute atomic E-state index is 0.0554. The summed E-state index contributed by atoms with van der Waals surface area (Å²) in [5.74, 6) is -1.40. The highest BCUT2D eigenvalue weighted by Gasteiger charge is 2.22. The second kappa shape index (κ2) is 7.41. The summed E-state index contributed by atoms with van der Waals surface area (Å²) in [5, 5.41) is 18.2. The first kappa shape index (κ1) is 17.2. The van der Waals surface area contributed by atoms with Gasteiger partial charge in [0.2, 0.25) is 5.91 Å².